The molecular formula is C24H26FN7O2. The van der Waals surface area contributed by atoms with Crippen LogP contribution in [0.2, 0.25) is 0 Å². The maximum Gasteiger partial charge on any atom is 0.247 e. The molecule has 3 heterocycles. The molecule has 4 rings (SSSR count). The van der Waals surface area contributed by atoms with Gasteiger partial charge >= 0.3 is 0 Å². The van der Waals surface area contributed by atoms with Gasteiger partial charge in [-0.1, -0.05) is 6.58 Å². The van der Waals surface area contributed by atoms with E-state index in [9.17, 15) is 14.3 Å². The summed E-state index contributed by atoms with van der Waals surface area (Å²) in [6, 6.07) is 5.35. The van der Waals surface area contributed by atoms with E-state index in [0.29, 0.717) is 17.9 Å². The maximum absolute atomic E-state index is 14.8. The molecule has 9 nitrogen and oxygen atoms in total. The van der Waals surface area contributed by atoms with Gasteiger partial charge in [0.25, 0.3) is 0 Å². The molecule has 4 aromatic rings. The first-order valence-corrected chi connectivity index (χ1v) is 10.7. The van der Waals surface area contributed by atoms with Crippen LogP contribution < -0.4 is 10.6 Å². The fourth-order valence-corrected chi connectivity index (χ4v) is 3.64. The topological polar surface area (TPSA) is 110 Å². The third kappa shape index (κ3) is 4.67. The van der Waals surface area contributed by atoms with Crippen molar-refractivity contribution in [3.63, 3.8) is 0 Å². The van der Waals surface area contributed by atoms with Crippen LogP contribution >= 0.6 is 0 Å². The van der Waals surface area contributed by atoms with Gasteiger partial charge in [-0.2, -0.15) is 10.1 Å². The van der Waals surface area contributed by atoms with Crippen LogP contribution in [0, 0.1) is 19.7 Å². The van der Waals surface area contributed by atoms with Crippen molar-refractivity contribution in [3.8, 4) is 5.82 Å². The summed E-state index contributed by atoms with van der Waals surface area (Å²) in [5.41, 5.74) is 2.75. The summed E-state index contributed by atoms with van der Waals surface area (Å²) < 4.78 is 18.1. The molecule has 0 aliphatic carbocycles. The van der Waals surface area contributed by atoms with E-state index in [1.807, 2.05) is 19.9 Å². The molecule has 1 aromatic carbocycles. The zero-order valence-corrected chi connectivity index (χ0v) is 19.4. The number of nitrogens with zero attached hydrogens (tertiary/aromatic N) is 5. The van der Waals surface area contributed by atoms with Gasteiger partial charge in [0.15, 0.2) is 11.6 Å². The third-order valence-electron chi connectivity index (χ3n) is 5.30. The predicted molar refractivity (Wildman–Crippen MR) is 129 cm³/mol. The molecule has 176 valence electrons. The Morgan fingerprint density at radius 2 is 2.06 bits per heavy atom. The highest BCUT2D eigenvalue weighted by Crippen LogP contribution is 2.28. The van der Waals surface area contributed by atoms with Gasteiger partial charge in [-0.05, 0) is 57.5 Å². The number of rotatable bonds is 7. The number of hydrogen-bond donors (Lipinski definition) is 3. The molecule has 1 amide bonds. The molecule has 0 unspecified atom stereocenters. The van der Waals surface area contributed by atoms with Crippen molar-refractivity contribution in [1.29, 1.82) is 0 Å². The highest BCUT2D eigenvalue weighted by atomic mass is 19.1. The molecule has 34 heavy (non-hydrogen) atoms. The van der Waals surface area contributed by atoms with Gasteiger partial charge in [-0.25, -0.2) is 9.37 Å². The summed E-state index contributed by atoms with van der Waals surface area (Å²) in [6.45, 7) is 10.9. The van der Waals surface area contributed by atoms with Crippen LogP contribution in [0.15, 0.2) is 49.4 Å². The van der Waals surface area contributed by atoms with Gasteiger partial charge in [-0.15, -0.1) is 0 Å². The first-order chi connectivity index (χ1) is 16.1. The van der Waals surface area contributed by atoms with Crippen LogP contribution in [0.1, 0.15) is 25.1 Å². The molecule has 0 radical (unpaired) electrons. The number of nitrogens with one attached hydrogen (secondary N) is 2. The minimum absolute atomic E-state index is 0.0833. The molecule has 0 spiro atoms. The first-order valence-electron chi connectivity index (χ1n) is 10.7. The summed E-state index contributed by atoms with van der Waals surface area (Å²) in [6.07, 6.45) is 5.71. The Morgan fingerprint density at radius 1 is 1.29 bits per heavy atom. The SMILES string of the molecule is C=CC(=O)Nc1ccc2c(c1)c(C)cn2-c1nc(Nc2cnn(CC(C)(C)O)c2C)ncc1F. The molecule has 3 N–H and O–H groups in total. The largest absolute Gasteiger partial charge is 0.389 e. The molecule has 0 bridgehead atoms. The smallest absolute Gasteiger partial charge is 0.247 e. The molecule has 0 aliphatic heterocycles. The molecule has 10 heteroatoms. The second kappa shape index (κ2) is 8.71. The summed E-state index contributed by atoms with van der Waals surface area (Å²) in [4.78, 5) is 20.1. The Labute approximate surface area is 196 Å². The number of aryl methyl sites for hydroxylation is 1. The molecule has 0 atom stereocenters. The quantitative estimate of drug-likeness (QED) is 0.357. The van der Waals surface area contributed by atoms with Gasteiger partial charge in [0.2, 0.25) is 11.9 Å². The monoisotopic (exact) mass is 463 g/mol. The van der Waals surface area contributed by atoms with Gasteiger partial charge < -0.3 is 15.7 Å². The van der Waals surface area contributed by atoms with Crippen LogP contribution in [-0.4, -0.2) is 40.9 Å². The van der Waals surface area contributed by atoms with Crippen LogP contribution in [0.25, 0.3) is 16.7 Å². The van der Waals surface area contributed by atoms with Crippen LogP contribution in [0.4, 0.5) is 21.7 Å². The van der Waals surface area contributed by atoms with Gasteiger partial charge in [0, 0.05) is 17.3 Å². The number of anilines is 3. The van der Waals surface area contributed by atoms with Gasteiger partial charge in [0.1, 0.15) is 0 Å². The standard InChI is InChI=1S/C24H26FN7O2/c1-6-21(33)28-16-7-8-20-17(9-16)14(2)12-31(20)22-18(25)10-26-23(30-22)29-19-11-27-32(15(19)3)13-24(4,5)34/h6-12,34H,1,13H2,2-5H3,(H,28,33)(H,26,29,30). The maximum atomic E-state index is 14.8. The van der Waals surface area contributed by atoms with Crippen molar-refractivity contribution >= 4 is 34.1 Å². The Kier molecular flexibility index (Phi) is 5.92. The Balaban J connectivity index is 1.68. The van der Waals surface area contributed by atoms with Crippen LogP contribution in [0.3, 0.4) is 0 Å². The normalized spacial score (nSPS) is 11.6. The number of fused-ring (bicyclic) bond motifs is 1. The van der Waals surface area contributed by atoms with Gasteiger partial charge in [0.05, 0.1) is 41.4 Å². The van der Waals surface area contributed by atoms with Crippen molar-refractivity contribution in [2.75, 3.05) is 10.6 Å². The van der Waals surface area contributed by atoms with E-state index < -0.39 is 11.4 Å². The number of carbonyl (C=O) groups excluding carboxylic acids is 1. The average Bonchev–Trinajstić information content (AvgIpc) is 3.28. The fraction of sp³-hybridized carbons (Fsp3) is 0.250. The fourth-order valence-electron chi connectivity index (χ4n) is 3.64. The lowest BCUT2D eigenvalue weighted by Gasteiger charge is -2.18. The summed E-state index contributed by atoms with van der Waals surface area (Å²) >= 11 is 0. The Bertz CT molecular complexity index is 1400. The van der Waals surface area contributed by atoms with Crippen molar-refractivity contribution in [2.45, 2.75) is 39.8 Å². The van der Waals surface area contributed by atoms with Crippen molar-refractivity contribution in [3.05, 3.63) is 66.5 Å². The van der Waals surface area contributed by atoms with Crippen molar-refractivity contribution in [2.24, 2.45) is 0 Å². The number of carbonyl (C=O) groups is 1. The number of halogens is 1. The lowest BCUT2D eigenvalue weighted by Crippen LogP contribution is -2.27. The van der Waals surface area contributed by atoms with E-state index >= 15 is 0 Å². The summed E-state index contributed by atoms with van der Waals surface area (Å²) in [5, 5.41) is 21.0. The Hall–Kier alpha value is -4.05. The second-order valence-electron chi connectivity index (χ2n) is 8.71. The van der Waals surface area contributed by atoms with E-state index in [4.69, 9.17) is 0 Å². The second-order valence-corrected chi connectivity index (χ2v) is 8.71. The summed E-state index contributed by atoms with van der Waals surface area (Å²) in [7, 11) is 0. The van der Waals surface area contributed by atoms with E-state index in [0.717, 1.165) is 28.4 Å². The predicted octanol–water partition coefficient (Wildman–Crippen LogP) is 4.01. The molecular weight excluding hydrogens is 437 g/mol. The molecule has 3 aromatic heterocycles. The third-order valence-corrected chi connectivity index (χ3v) is 5.30. The minimum atomic E-state index is -0.921. The van der Waals surface area contributed by atoms with E-state index in [2.05, 4.69) is 32.3 Å². The highest BCUT2D eigenvalue weighted by molar-refractivity contribution is 6.00. The van der Waals surface area contributed by atoms with Crippen molar-refractivity contribution < 1.29 is 14.3 Å². The number of aromatic nitrogens is 5. The van der Waals surface area contributed by atoms with Crippen molar-refractivity contribution in [1.82, 2.24) is 24.3 Å². The van der Waals surface area contributed by atoms with Gasteiger partial charge in [-0.3, -0.25) is 14.0 Å². The molecule has 0 saturated carbocycles. The first kappa shape index (κ1) is 23.1. The number of aliphatic hydroxyl groups is 1. The number of benzene rings is 1. The minimum Gasteiger partial charge on any atom is -0.389 e. The molecule has 0 fully saturated rings. The lowest BCUT2D eigenvalue weighted by atomic mass is 10.1. The molecule has 0 aliphatic rings. The zero-order valence-electron chi connectivity index (χ0n) is 19.4. The number of hydrogen-bond acceptors (Lipinski definition) is 6. The zero-order chi connectivity index (χ0) is 24.6. The molecule has 0 saturated heterocycles. The van der Waals surface area contributed by atoms with E-state index in [-0.39, 0.29) is 17.7 Å². The summed E-state index contributed by atoms with van der Waals surface area (Å²) in [5.74, 6) is -0.604. The van der Waals surface area contributed by atoms with E-state index in [1.165, 1.54) is 6.08 Å². The Morgan fingerprint density at radius 3 is 2.76 bits per heavy atom. The average molecular weight is 464 g/mol. The van der Waals surface area contributed by atoms with Crippen LogP contribution in [0.5, 0.6) is 0 Å². The number of amides is 1. The van der Waals surface area contributed by atoms with E-state index in [1.54, 1.807) is 47.6 Å². The highest BCUT2D eigenvalue weighted by Gasteiger charge is 2.18. The lowest BCUT2D eigenvalue weighted by molar-refractivity contribution is -0.111. The van der Waals surface area contributed by atoms with Crippen LogP contribution in [-0.2, 0) is 11.3 Å².